The van der Waals surface area contributed by atoms with E-state index in [4.69, 9.17) is 10.5 Å². The van der Waals surface area contributed by atoms with Gasteiger partial charge in [0.1, 0.15) is 0 Å². The molecule has 2 N–H and O–H groups in total. The first-order valence-corrected chi connectivity index (χ1v) is 7.38. The van der Waals surface area contributed by atoms with Crippen LogP contribution in [0.15, 0.2) is 18.2 Å². The van der Waals surface area contributed by atoms with Gasteiger partial charge in [-0.15, -0.1) is 0 Å². The summed E-state index contributed by atoms with van der Waals surface area (Å²) < 4.78 is 19.5. The molecule has 118 valence electrons. The fraction of sp³-hybridized carbons (Fsp3) is 0.562. The number of ether oxygens (including phenoxy) is 1. The monoisotopic (exact) mass is 296 g/mol. The van der Waals surface area contributed by atoms with Crippen molar-refractivity contribution in [3.63, 3.8) is 0 Å². The summed E-state index contributed by atoms with van der Waals surface area (Å²) in [6, 6.07) is 4.71. The van der Waals surface area contributed by atoms with Gasteiger partial charge in [0, 0.05) is 19.1 Å². The van der Waals surface area contributed by atoms with Crippen LogP contribution in [0, 0.1) is 5.82 Å². The fourth-order valence-corrected chi connectivity index (χ4v) is 2.17. The van der Waals surface area contributed by atoms with Crippen molar-refractivity contribution < 1.29 is 13.9 Å². The van der Waals surface area contributed by atoms with Gasteiger partial charge in [-0.3, -0.25) is 4.79 Å². The average Bonchev–Trinajstić information content (AvgIpc) is 2.42. The molecule has 0 saturated heterocycles. The Bertz CT molecular complexity index is 473. The van der Waals surface area contributed by atoms with E-state index in [1.807, 2.05) is 20.8 Å². The lowest BCUT2D eigenvalue weighted by atomic mass is 10.1. The largest absolute Gasteiger partial charge is 0.478 e. The van der Waals surface area contributed by atoms with Crippen molar-refractivity contribution in [2.45, 2.75) is 46.3 Å². The molecule has 1 rings (SSSR count). The minimum absolute atomic E-state index is 0.0284. The third-order valence-corrected chi connectivity index (χ3v) is 3.28. The molecule has 0 saturated carbocycles. The summed E-state index contributed by atoms with van der Waals surface area (Å²) in [5.74, 6) is -0.511. The predicted octanol–water partition coefficient (Wildman–Crippen LogP) is 2.35. The Kier molecular flexibility index (Phi) is 6.62. The zero-order chi connectivity index (χ0) is 16.0. The molecule has 2 atom stereocenters. The number of hydrogen-bond acceptors (Lipinski definition) is 3. The molecule has 1 amide bonds. The van der Waals surface area contributed by atoms with E-state index < -0.39 is 11.9 Å². The lowest BCUT2D eigenvalue weighted by molar-refractivity contribution is -0.137. The molecule has 0 bridgehead atoms. The van der Waals surface area contributed by atoms with Gasteiger partial charge in [0.05, 0.1) is 0 Å². The highest BCUT2D eigenvalue weighted by Gasteiger charge is 2.21. The third kappa shape index (κ3) is 5.01. The van der Waals surface area contributed by atoms with Crippen LogP contribution in [0.3, 0.4) is 0 Å². The van der Waals surface area contributed by atoms with Crippen molar-refractivity contribution in [3.8, 4) is 5.75 Å². The molecule has 0 heterocycles. The van der Waals surface area contributed by atoms with Gasteiger partial charge in [0.2, 0.25) is 0 Å². The second-order valence-electron chi connectivity index (χ2n) is 5.22. The predicted molar refractivity (Wildman–Crippen MR) is 81.8 cm³/mol. The highest BCUT2D eigenvalue weighted by atomic mass is 19.1. The number of benzene rings is 1. The summed E-state index contributed by atoms with van der Waals surface area (Å²) in [5, 5.41) is 0. The Labute approximate surface area is 126 Å². The molecule has 0 fully saturated rings. The summed E-state index contributed by atoms with van der Waals surface area (Å²) in [4.78, 5) is 13.8. The SMILES string of the molecule is CCN(CC)C(=O)C(C)Oc1ccc(CC(C)N)cc1F. The number of hydrogen-bond donors (Lipinski definition) is 1. The topological polar surface area (TPSA) is 55.6 Å². The van der Waals surface area contributed by atoms with E-state index in [0.717, 1.165) is 5.56 Å². The van der Waals surface area contributed by atoms with E-state index in [1.54, 1.807) is 24.0 Å². The van der Waals surface area contributed by atoms with E-state index in [9.17, 15) is 9.18 Å². The molecular weight excluding hydrogens is 271 g/mol. The van der Waals surface area contributed by atoms with Crippen molar-refractivity contribution in [1.29, 1.82) is 0 Å². The molecule has 1 aromatic rings. The Morgan fingerprint density at radius 3 is 2.43 bits per heavy atom. The zero-order valence-electron chi connectivity index (χ0n) is 13.2. The molecule has 5 heteroatoms. The Balaban J connectivity index is 2.76. The van der Waals surface area contributed by atoms with Gasteiger partial charge >= 0.3 is 0 Å². The number of rotatable bonds is 7. The Hall–Kier alpha value is -1.62. The summed E-state index contributed by atoms with van der Waals surface area (Å²) in [7, 11) is 0. The lowest BCUT2D eigenvalue weighted by Crippen LogP contribution is -2.40. The van der Waals surface area contributed by atoms with Gasteiger partial charge in [-0.2, -0.15) is 0 Å². The van der Waals surface area contributed by atoms with E-state index in [1.165, 1.54) is 6.07 Å². The number of nitrogens with zero attached hydrogens (tertiary/aromatic N) is 1. The number of carbonyl (C=O) groups excluding carboxylic acids is 1. The maximum Gasteiger partial charge on any atom is 0.263 e. The number of nitrogens with two attached hydrogens (primary N) is 1. The van der Waals surface area contributed by atoms with E-state index in [-0.39, 0.29) is 17.7 Å². The van der Waals surface area contributed by atoms with Gasteiger partial charge in [-0.25, -0.2) is 4.39 Å². The van der Waals surface area contributed by atoms with Crippen molar-refractivity contribution in [2.75, 3.05) is 13.1 Å². The molecule has 4 nitrogen and oxygen atoms in total. The maximum absolute atomic E-state index is 14.0. The molecular formula is C16H25FN2O2. The number of carbonyl (C=O) groups is 1. The van der Waals surface area contributed by atoms with Crippen molar-refractivity contribution in [3.05, 3.63) is 29.6 Å². The average molecular weight is 296 g/mol. The van der Waals surface area contributed by atoms with Crippen molar-refractivity contribution >= 4 is 5.91 Å². The maximum atomic E-state index is 14.0. The van der Waals surface area contributed by atoms with Crippen LogP contribution in [0.2, 0.25) is 0 Å². The number of amides is 1. The first-order chi connectivity index (χ1) is 9.88. The molecule has 0 aliphatic rings. The molecule has 0 spiro atoms. The summed E-state index contributed by atoms with van der Waals surface area (Å²) in [6.45, 7) is 8.52. The minimum Gasteiger partial charge on any atom is -0.478 e. The zero-order valence-corrected chi connectivity index (χ0v) is 13.2. The number of halogens is 1. The van der Waals surface area contributed by atoms with Gasteiger partial charge < -0.3 is 15.4 Å². The number of likely N-dealkylation sites (N-methyl/N-ethyl adjacent to an activating group) is 1. The first kappa shape index (κ1) is 17.4. The second-order valence-corrected chi connectivity index (χ2v) is 5.22. The van der Waals surface area contributed by atoms with Crippen LogP contribution in [0.4, 0.5) is 4.39 Å². The van der Waals surface area contributed by atoms with Crippen LogP contribution in [0.1, 0.15) is 33.3 Å². The molecule has 21 heavy (non-hydrogen) atoms. The highest BCUT2D eigenvalue weighted by Crippen LogP contribution is 2.20. The van der Waals surface area contributed by atoms with Gasteiger partial charge in [-0.1, -0.05) is 6.07 Å². The van der Waals surface area contributed by atoms with E-state index in [2.05, 4.69) is 0 Å². The molecule has 1 aromatic carbocycles. The molecule has 0 aliphatic heterocycles. The van der Waals surface area contributed by atoms with Crippen LogP contribution in [-0.4, -0.2) is 36.0 Å². The fourth-order valence-electron chi connectivity index (χ4n) is 2.17. The minimum atomic E-state index is -0.710. The molecule has 0 aromatic heterocycles. The van der Waals surface area contributed by atoms with Crippen LogP contribution >= 0.6 is 0 Å². The van der Waals surface area contributed by atoms with E-state index >= 15 is 0 Å². The van der Waals surface area contributed by atoms with Gasteiger partial charge in [0.15, 0.2) is 17.7 Å². The smallest absolute Gasteiger partial charge is 0.263 e. The second kappa shape index (κ2) is 7.98. The lowest BCUT2D eigenvalue weighted by Gasteiger charge is -2.23. The van der Waals surface area contributed by atoms with Crippen molar-refractivity contribution in [2.24, 2.45) is 5.73 Å². The summed E-state index contributed by atoms with van der Waals surface area (Å²) >= 11 is 0. The molecule has 0 radical (unpaired) electrons. The van der Waals surface area contributed by atoms with Crippen molar-refractivity contribution in [1.82, 2.24) is 4.90 Å². The third-order valence-electron chi connectivity index (χ3n) is 3.28. The van der Waals surface area contributed by atoms with Crippen LogP contribution in [-0.2, 0) is 11.2 Å². The molecule has 0 aliphatic carbocycles. The normalized spacial score (nSPS) is 13.6. The summed E-state index contributed by atoms with van der Waals surface area (Å²) in [6.07, 6.45) is -0.107. The first-order valence-electron chi connectivity index (χ1n) is 7.38. The van der Waals surface area contributed by atoms with Gasteiger partial charge in [-0.05, 0) is 51.8 Å². The summed E-state index contributed by atoms with van der Waals surface area (Å²) in [5.41, 5.74) is 6.51. The van der Waals surface area contributed by atoms with Gasteiger partial charge in [0.25, 0.3) is 5.91 Å². The highest BCUT2D eigenvalue weighted by molar-refractivity contribution is 5.80. The Morgan fingerprint density at radius 2 is 1.95 bits per heavy atom. The Morgan fingerprint density at radius 1 is 1.33 bits per heavy atom. The quantitative estimate of drug-likeness (QED) is 0.840. The van der Waals surface area contributed by atoms with Crippen LogP contribution in [0.5, 0.6) is 5.75 Å². The van der Waals surface area contributed by atoms with Crippen LogP contribution < -0.4 is 10.5 Å². The van der Waals surface area contributed by atoms with E-state index in [0.29, 0.717) is 19.5 Å². The van der Waals surface area contributed by atoms with Crippen LogP contribution in [0.25, 0.3) is 0 Å². The molecule has 2 unspecified atom stereocenters. The standard InChI is InChI=1S/C16H25FN2O2/c1-5-19(6-2)16(20)12(4)21-15-8-7-13(9-11(3)18)10-14(15)17/h7-8,10-12H,5-6,9,18H2,1-4H3.